The molecule has 2 nitrogen and oxygen atoms in total. The molecule has 0 fully saturated rings. The minimum atomic E-state index is -2.11. The maximum absolute atomic E-state index is 10.3. The summed E-state index contributed by atoms with van der Waals surface area (Å²) in [6.45, 7) is 1.77. The zero-order valence-corrected chi connectivity index (χ0v) is 7.51. The van der Waals surface area contributed by atoms with E-state index in [2.05, 4.69) is 0 Å². The van der Waals surface area contributed by atoms with Crippen LogP contribution in [-0.2, 0) is 10.3 Å². The summed E-state index contributed by atoms with van der Waals surface area (Å²) in [5, 5.41) is 1.20. The van der Waals surface area contributed by atoms with E-state index in [0.29, 0.717) is 0 Å². The SMILES string of the molecule is C[C](C=S(=O)=O)c1ccccc1. The third kappa shape index (κ3) is 2.51. The zero-order chi connectivity index (χ0) is 8.97. The second-order valence-corrected chi connectivity index (χ2v) is 3.18. The van der Waals surface area contributed by atoms with Gasteiger partial charge < -0.3 is 0 Å². The van der Waals surface area contributed by atoms with E-state index in [0.717, 1.165) is 11.5 Å². The predicted molar refractivity (Wildman–Crippen MR) is 49.4 cm³/mol. The van der Waals surface area contributed by atoms with Gasteiger partial charge in [0.2, 0.25) is 10.3 Å². The highest BCUT2D eigenvalue weighted by Gasteiger charge is 2.00. The second kappa shape index (κ2) is 4.07. The van der Waals surface area contributed by atoms with Crippen molar-refractivity contribution in [3.8, 4) is 0 Å². The molecule has 0 bridgehead atoms. The molecule has 0 saturated carbocycles. The average Bonchev–Trinajstić information content (AvgIpc) is 2.05. The average molecular weight is 181 g/mol. The first kappa shape index (κ1) is 9.00. The van der Waals surface area contributed by atoms with E-state index in [-0.39, 0.29) is 0 Å². The fraction of sp³-hybridized carbons (Fsp3) is 0.111. The van der Waals surface area contributed by atoms with Crippen molar-refractivity contribution < 1.29 is 8.42 Å². The van der Waals surface area contributed by atoms with Crippen LogP contribution in [0.15, 0.2) is 30.3 Å². The van der Waals surface area contributed by atoms with E-state index < -0.39 is 10.3 Å². The summed E-state index contributed by atoms with van der Waals surface area (Å²) in [5.74, 6) is 0.754. The molecule has 0 aliphatic heterocycles. The molecule has 0 aliphatic carbocycles. The molecule has 63 valence electrons. The monoisotopic (exact) mass is 181 g/mol. The van der Waals surface area contributed by atoms with Gasteiger partial charge in [0.15, 0.2) is 0 Å². The van der Waals surface area contributed by atoms with Gasteiger partial charge in [-0.15, -0.1) is 0 Å². The Morgan fingerprint density at radius 2 is 1.83 bits per heavy atom. The van der Waals surface area contributed by atoms with Gasteiger partial charge in [-0.3, -0.25) is 0 Å². The number of hydrogen-bond donors (Lipinski definition) is 0. The van der Waals surface area contributed by atoms with Crippen LogP contribution in [0.3, 0.4) is 0 Å². The molecule has 3 heteroatoms. The molecule has 1 aromatic carbocycles. The lowest BCUT2D eigenvalue weighted by Gasteiger charge is -2.01. The summed E-state index contributed by atoms with van der Waals surface area (Å²) in [6.07, 6.45) is 0. The lowest BCUT2D eigenvalue weighted by Crippen LogP contribution is -1.95. The molecule has 0 aromatic heterocycles. The van der Waals surface area contributed by atoms with Gasteiger partial charge in [0, 0.05) is 11.3 Å². The van der Waals surface area contributed by atoms with Crippen LogP contribution < -0.4 is 0 Å². The number of rotatable bonds is 2. The molecule has 0 amide bonds. The van der Waals surface area contributed by atoms with E-state index in [9.17, 15) is 8.42 Å². The maximum atomic E-state index is 10.3. The molecule has 0 atom stereocenters. The molecule has 12 heavy (non-hydrogen) atoms. The Hall–Kier alpha value is -1.09. The van der Waals surface area contributed by atoms with E-state index >= 15 is 0 Å². The maximum Gasteiger partial charge on any atom is 0.210 e. The summed E-state index contributed by atoms with van der Waals surface area (Å²) < 4.78 is 20.6. The highest BCUT2D eigenvalue weighted by atomic mass is 32.2. The van der Waals surface area contributed by atoms with Crippen LogP contribution in [0.2, 0.25) is 0 Å². The van der Waals surface area contributed by atoms with Crippen LogP contribution in [0.4, 0.5) is 0 Å². The lowest BCUT2D eigenvalue weighted by molar-refractivity contribution is 0.627. The van der Waals surface area contributed by atoms with Crippen molar-refractivity contribution in [1.82, 2.24) is 0 Å². The summed E-state index contributed by atoms with van der Waals surface area (Å²) in [7, 11) is -2.11. The van der Waals surface area contributed by atoms with Crippen LogP contribution in [0.5, 0.6) is 0 Å². The van der Waals surface area contributed by atoms with Gasteiger partial charge in [-0.05, 0) is 12.5 Å². The van der Waals surface area contributed by atoms with Crippen LogP contribution >= 0.6 is 0 Å². The standard InChI is InChI=1S/C9H9O2S/c1-8(7-12(10)11)9-5-3-2-4-6-9/h2-7H,1H3. The Kier molecular flexibility index (Phi) is 3.05. The van der Waals surface area contributed by atoms with Gasteiger partial charge in [-0.2, -0.15) is 8.42 Å². The molecule has 0 N–H and O–H groups in total. The summed E-state index contributed by atoms with van der Waals surface area (Å²) >= 11 is 0. The number of hydrogen-bond acceptors (Lipinski definition) is 2. The Labute approximate surface area is 73.4 Å². The summed E-state index contributed by atoms with van der Waals surface area (Å²) in [5.41, 5.74) is 0.932. The number of benzene rings is 1. The van der Waals surface area contributed by atoms with Gasteiger partial charge in [-0.1, -0.05) is 30.3 Å². The Morgan fingerprint density at radius 1 is 1.25 bits per heavy atom. The van der Waals surface area contributed by atoms with Gasteiger partial charge >= 0.3 is 0 Å². The Balaban J connectivity index is 2.93. The first-order chi connectivity index (χ1) is 5.70. The van der Waals surface area contributed by atoms with Crippen LogP contribution in [0, 0.1) is 5.92 Å². The molecule has 0 unspecified atom stereocenters. The zero-order valence-electron chi connectivity index (χ0n) is 6.69. The van der Waals surface area contributed by atoms with Crippen LogP contribution in [0.1, 0.15) is 12.5 Å². The molecule has 0 spiro atoms. The fourth-order valence-corrected chi connectivity index (χ4v) is 1.34. The van der Waals surface area contributed by atoms with Gasteiger partial charge in [0.05, 0.1) is 0 Å². The van der Waals surface area contributed by atoms with E-state index in [1.165, 1.54) is 5.37 Å². The van der Waals surface area contributed by atoms with Crippen molar-refractivity contribution in [2.75, 3.05) is 0 Å². The van der Waals surface area contributed by atoms with Gasteiger partial charge in [0.1, 0.15) is 0 Å². The highest BCUT2D eigenvalue weighted by Crippen LogP contribution is 2.09. The van der Waals surface area contributed by atoms with Crippen molar-refractivity contribution in [3.63, 3.8) is 0 Å². The lowest BCUT2D eigenvalue weighted by atomic mass is 10.0. The largest absolute Gasteiger partial charge is 0.210 e. The van der Waals surface area contributed by atoms with E-state index in [1.54, 1.807) is 6.92 Å². The molecule has 0 heterocycles. The summed E-state index contributed by atoms with van der Waals surface area (Å²) in [4.78, 5) is 0. The molecule has 1 rings (SSSR count). The van der Waals surface area contributed by atoms with E-state index in [4.69, 9.17) is 0 Å². The highest BCUT2D eigenvalue weighted by molar-refractivity contribution is 7.71. The Bertz CT molecular complexity index is 357. The van der Waals surface area contributed by atoms with Crippen LogP contribution in [0.25, 0.3) is 0 Å². The van der Waals surface area contributed by atoms with Crippen molar-refractivity contribution >= 4 is 15.7 Å². The smallest absolute Gasteiger partial charge is 0.185 e. The third-order valence-electron chi connectivity index (χ3n) is 1.50. The fourth-order valence-electron chi connectivity index (χ4n) is 0.913. The second-order valence-electron chi connectivity index (χ2n) is 2.43. The third-order valence-corrected chi connectivity index (χ3v) is 2.05. The molecule has 0 aliphatic rings. The quantitative estimate of drug-likeness (QED) is 0.645. The summed E-state index contributed by atoms with van der Waals surface area (Å²) in [6, 6.07) is 9.39. The van der Waals surface area contributed by atoms with Crippen molar-refractivity contribution in [3.05, 3.63) is 41.8 Å². The van der Waals surface area contributed by atoms with Gasteiger partial charge in [0.25, 0.3) is 0 Å². The topological polar surface area (TPSA) is 34.1 Å². The molecule has 0 saturated heterocycles. The predicted octanol–water partition coefficient (Wildman–Crippen LogP) is 1.31. The molecule has 1 radical (unpaired) electrons. The van der Waals surface area contributed by atoms with Gasteiger partial charge in [-0.25, -0.2) is 0 Å². The van der Waals surface area contributed by atoms with Crippen molar-refractivity contribution in [2.45, 2.75) is 6.92 Å². The minimum Gasteiger partial charge on any atom is -0.185 e. The van der Waals surface area contributed by atoms with Crippen molar-refractivity contribution in [1.29, 1.82) is 0 Å². The van der Waals surface area contributed by atoms with Crippen LogP contribution in [-0.4, -0.2) is 13.8 Å². The van der Waals surface area contributed by atoms with E-state index in [1.807, 2.05) is 30.3 Å². The first-order valence-electron chi connectivity index (χ1n) is 3.52. The normalized spacial score (nSPS) is 9.83. The van der Waals surface area contributed by atoms with Crippen molar-refractivity contribution in [2.24, 2.45) is 0 Å². The first-order valence-corrected chi connectivity index (χ1v) is 4.66. The Morgan fingerprint density at radius 3 is 2.33 bits per heavy atom. The minimum absolute atomic E-state index is 0.754. The molecular weight excluding hydrogens is 172 g/mol. The molecule has 1 aromatic rings. The molecular formula is C9H9O2S.